The van der Waals surface area contributed by atoms with Crippen LogP contribution in [0.25, 0.3) is 0 Å². The van der Waals surface area contributed by atoms with E-state index in [-0.39, 0.29) is 6.04 Å². The molecule has 2 rings (SSSR count). The maximum absolute atomic E-state index is 5.84. The van der Waals surface area contributed by atoms with E-state index in [4.69, 9.17) is 15.0 Å². The summed E-state index contributed by atoms with van der Waals surface area (Å²) in [6, 6.07) is 7.99. The number of benzene rings is 1. The van der Waals surface area contributed by atoms with Crippen LogP contribution in [0, 0.1) is 0 Å². The van der Waals surface area contributed by atoms with Crippen molar-refractivity contribution in [3.8, 4) is 0 Å². The Balaban J connectivity index is 1.85. The number of thioether (sulfide) groups is 1. The van der Waals surface area contributed by atoms with Gasteiger partial charge in [-0.25, -0.2) is 0 Å². The number of nitrogens with two attached hydrogens (primary N) is 1. The van der Waals surface area contributed by atoms with Crippen LogP contribution in [0.2, 0.25) is 0 Å². The van der Waals surface area contributed by atoms with Gasteiger partial charge in [-0.3, -0.25) is 0 Å². The summed E-state index contributed by atoms with van der Waals surface area (Å²) in [5, 5.41) is 3.95. The fraction of sp³-hybridized carbons (Fsp3) is 0.385. The molecule has 1 unspecified atom stereocenters. The molecule has 108 valence electrons. The second-order valence-corrected chi connectivity index (χ2v) is 6.23. The first-order valence-electron chi connectivity index (χ1n) is 6.11. The molecule has 0 radical (unpaired) electrons. The van der Waals surface area contributed by atoms with Crippen LogP contribution >= 0.6 is 27.7 Å². The maximum atomic E-state index is 5.84. The lowest BCUT2D eigenvalue weighted by atomic mass is 10.2. The van der Waals surface area contributed by atoms with E-state index in [1.807, 2.05) is 24.3 Å². The largest absolute Gasteiger partial charge is 0.383 e. The van der Waals surface area contributed by atoms with Crippen molar-refractivity contribution in [3.05, 3.63) is 40.5 Å². The smallest absolute Gasteiger partial charge is 0.228 e. The lowest BCUT2D eigenvalue weighted by molar-refractivity contribution is 0.176. The zero-order chi connectivity index (χ0) is 14.4. The minimum Gasteiger partial charge on any atom is -0.383 e. The lowest BCUT2D eigenvalue weighted by Crippen LogP contribution is -2.28. The summed E-state index contributed by atoms with van der Waals surface area (Å²) >= 11 is 5.07. The molecule has 5 nitrogen and oxygen atoms in total. The maximum Gasteiger partial charge on any atom is 0.228 e. The molecule has 2 aromatic rings. The van der Waals surface area contributed by atoms with Crippen LogP contribution in [0.4, 0.5) is 0 Å². The molecule has 0 saturated heterocycles. The van der Waals surface area contributed by atoms with Crippen molar-refractivity contribution >= 4 is 27.7 Å². The highest BCUT2D eigenvalue weighted by molar-refractivity contribution is 9.10. The summed E-state index contributed by atoms with van der Waals surface area (Å²) in [4.78, 5) is 5.48. The second kappa shape index (κ2) is 7.78. The summed E-state index contributed by atoms with van der Waals surface area (Å²) in [7, 11) is 1.62. The minimum absolute atomic E-state index is 0.118. The molecule has 0 aliphatic heterocycles. The first-order valence-corrected chi connectivity index (χ1v) is 7.89. The summed E-state index contributed by atoms with van der Waals surface area (Å²) < 4.78 is 11.2. The van der Waals surface area contributed by atoms with E-state index < -0.39 is 0 Å². The van der Waals surface area contributed by atoms with E-state index in [1.165, 1.54) is 0 Å². The van der Waals surface area contributed by atoms with Gasteiger partial charge in [-0.05, 0) is 24.3 Å². The minimum atomic E-state index is -0.118. The topological polar surface area (TPSA) is 74.2 Å². The molecule has 2 N–H and O–H groups in total. The van der Waals surface area contributed by atoms with Crippen LogP contribution in [0.3, 0.4) is 0 Å². The van der Waals surface area contributed by atoms with E-state index >= 15 is 0 Å². The standard InChI is InChI=1S/C13H16BrN3O2S/c1-18-7-10(15)6-13-16-12(17-19-13)8-20-11-4-2-9(14)3-5-11/h2-5,10H,6-8,15H2,1H3. The highest BCUT2D eigenvalue weighted by Gasteiger charge is 2.11. The summed E-state index contributed by atoms with van der Waals surface area (Å²) in [5.74, 6) is 1.91. The van der Waals surface area contributed by atoms with E-state index in [0.29, 0.717) is 30.5 Å². The van der Waals surface area contributed by atoms with Crippen LogP contribution in [0.1, 0.15) is 11.7 Å². The first kappa shape index (κ1) is 15.5. The van der Waals surface area contributed by atoms with Crippen molar-refractivity contribution in [2.75, 3.05) is 13.7 Å². The number of hydrogen-bond acceptors (Lipinski definition) is 6. The molecule has 1 aromatic heterocycles. The van der Waals surface area contributed by atoms with Gasteiger partial charge in [0.05, 0.1) is 12.4 Å². The van der Waals surface area contributed by atoms with Gasteiger partial charge in [0.2, 0.25) is 5.89 Å². The van der Waals surface area contributed by atoms with Crippen molar-refractivity contribution in [2.24, 2.45) is 5.73 Å². The Morgan fingerprint density at radius 3 is 2.85 bits per heavy atom. The Hall–Kier alpha value is -0.890. The monoisotopic (exact) mass is 357 g/mol. The van der Waals surface area contributed by atoms with E-state index in [1.54, 1.807) is 18.9 Å². The molecule has 1 aromatic carbocycles. The van der Waals surface area contributed by atoms with Crippen molar-refractivity contribution in [3.63, 3.8) is 0 Å². The molecule has 0 aliphatic rings. The number of halogens is 1. The molecule has 20 heavy (non-hydrogen) atoms. The fourth-order valence-corrected chi connectivity index (χ4v) is 2.61. The lowest BCUT2D eigenvalue weighted by Gasteiger charge is -2.05. The molecule has 1 atom stereocenters. The molecule has 7 heteroatoms. The van der Waals surface area contributed by atoms with E-state index in [2.05, 4.69) is 26.1 Å². The van der Waals surface area contributed by atoms with E-state index in [9.17, 15) is 0 Å². The average Bonchev–Trinajstić information content (AvgIpc) is 2.86. The molecule has 0 bridgehead atoms. The Kier molecular flexibility index (Phi) is 6.03. The third-order valence-corrected chi connectivity index (χ3v) is 4.05. The quantitative estimate of drug-likeness (QED) is 0.767. The Bertz CT molecular complexity index is 533. The molecule has 1 heterocycles. The summed E-state index contributed by atoms with van der Waals surface area (Å²) in [5.41, 5.74) is 5.84. The van der Waals surface area contributed by atoms with Gasteiger partial charge in [-0.1, -0.05) is 21.1 Å². The zero-order valence-electron chi connectivity index (χ0n) is 11.1. The number of ether oxygens (including phenoxy) is 1. The van der Waals surface area contributed by atoms with Gasteiger partial charge in [0.15, 0.2) is 5.82 Å². The molecule has 0 aliphatic carbocycles. The third kappa shape index (κ3) is 4.90. The number of methoxy groups -OCH3 is 1. The number of hydrogen-bond donors (Lipinski definition) is 1. The van der Waals surface area contributed by atoms with E-state index in [0.717, 1.165) is 9.37 Å². The van der Waals surface area contributed by atoms with Crippen molar-refractivity contribution in [2.45, 2.75) is 23.1 Å². The molecule has 0 amide bonds. The van der Waals surface area contributed by atoms with Crippen LogP contribution in [-0.4, -0.2) is 29.9 Å². The highest BCUT2D eigenvalue weighted by Crippen LogP contribution is 2.23. The van der Waals surface area contributed by atoms with Gasteiger partial charge in [0.1, 0.15) is 0 Å². The van der Waals surface area contributed by atoms with Crippen LogP contribution in [-0.2, 0) is 16.9 Å². The van der Waals surface area contributed by atoms with Gasteiger partial charge < -0.3 is 15.0 Å². The number of aromatic nitrogens is 2. The SMILES string of the molecule is COCC(N)Cc1nc(CSc2ccc(Br)cc2)no1. The summed E-state index contributed by atoms with van der Waals surface area (Å²) in [6.07, 6.45) is 0.532. The molecule has 0 spiro atoms. The van der Waals surface area contributed by atoms with Crippen molar-refractivity contribution in [1.82, 2.24) is 10.1 Å². The molecular weight excluding hydrogens is 342 g/mol. The third-order valence-electron chi connectivity index (χ3n) is 2.51. The van der Waals surface area contributed by atoms with Crippen molar-refractivity contribution in [1.29, 1.82) is 0 Å². The Labute approximate surface area is 130 Å². The average molecular weight is 358 g/mol. The Morgan fingerprint density at radius 1 is 1.40 bits per heavy atom. The number of rotatable bonds is 7. The summed E-state index contributed by atoms with van der Waals surface area (Å²) in [6.45, 7) is 0.478. The molecule has 0 saturated carbocycles. The highest BCUT2D eigenvalue weighted by atomic mass is 79.9. The normalized spacial score (nSPS) is 12.6. The Morgan fingerprint density at radius 2 is 2.15 bits per heavy atom. The van der Waals surface area contributed by atoms with Gasteiger partial charge in [-0.2, -0.15) is 4.98 Å². The van der Waals surface area contributed by atoms with Crippen LogP contribution < -0.4 is 5.73 Å². The fourth-order valence-electron chi connectivity index (χ4n) is 1.61. The molecule has 0 fully saturated rings. The van der Waals surface area contributed by atoms with Gasteiger partial charge >= 0.3 is 0 Å². The molecular formula is C13H16BrN3O2S. The van der Waals surface area contributed by atoms with Gasteiger partial charge in [0, 0.05) is 28.9 Å². The van der Waals surface area contributed by atoms with Gasteiger partial charge in [-0.15, -0.1) is 11.8 Å². The van der Waals surface area contributed by atoms with Gasteiger partial charge in [0.25, 0.3) is 0 Å². The predicted molar refractivity (Wildman–Crippen MR) is 81.6 cm³/mol. The number of nitrogens with zero attached hydrogens (tertiary/aromatic N) is 2. The van der Waals surface area contributed by atoms with Crippen LogP contribution in [0.5, 0.6) is 0 Å². The van der Waals surface area contributed by atoms with Crippen molar-refractivity contribution < 1.29 is 9.26 Å². The van der Waals surface area contributed by atoms with Crippen LogP contribution in [0.15, 0.2) is 38.2 Å². The predicted octanol–water partition coefficient (Wildman–Crippen LogP) is 2.64. The first-order chi connectivity index (χ1) is 9.67. The second-order valence-electron chi connectivity index (χ2n) is 4.27. The zero-order valence-corrected chi connectivity index (χ0v) is 13.5.